The fourth-order valence-corrected chi connectivity index (χ4v) is 1.33. The maximum atomic E-state index is 11.8. The highest BCUT2D eigenvalue weighted by atomic mass is 32.1. The van der Waals surface area contributed by atoms with Gasteiger partial charge in [0.15, 0.2) is 0 Å². The molecule has 0 saturated heterocycles. The van der Waals surface area contributed by atoms with Crippen molar-refractivity contribution in [3.8, 4) is 0 Å². The number of thiol groups is 1. The Balaban J connectivity index is 4.19. The first kappa shape index (κ1) is 12.8. The molecule has 0 rings (SSSR count). The van der Waals surface area contributed by atoms with Crippen molar-refractivity contribution < 1.29 is 4.79 Å². The summed E-state index contributed by atoms with van der Waals surface area (Å²) in [6.45, 7) is 9.77. The van der Waals surface area contributed by atoms with Gasteiger partial charge in [-0.3, -0.25) is 4.79 Å². The number of hydrogen-bond acceptors (Lipinski definition) is 2. The van der Waals surface area contributed by atoms with Gasteiger partial charge in [0.05, 0.1) is 5.25 Å². The van der Waals surface area contributed by atoms with Crippen LogP contribution in [0.1, 0.15) is 34.1 Å². The van der Waals surface area contributed by atoms with E-state index in [9.17, 15) is 4.79 Å². The Hall–Kier alpha value is -0.180. The minimum atomic E-state index is -0.147. The average Bonchev–Trinajstić information content (AvgIpc) is 2.11. The van der Waals surface area contributed by atoms with Crippen molar-refractivity contribution in [1.29, 1.82) is 0 Å². The van der Waals surface area contributed by atoms with E-state index >= 15 is 0 Å². The number of carbonyl (C=O) groups excluding carboxylic acids is 1. The second-order valence-electron chi connectivity index (χ2n) is 3.61. The lowest BCUT2D eigenvalue weighted by atomic mass is 10.1. The van der Waals surface area contributed by atoms with E-state index in [1.807, 2.05) is 25.7 Å². The molecule has 0 spiro atoms. The van der Waals surface area contributed by atoms with E-state index in [4.69, 9.17) is 0 Å². The predicted octanol–water partition coefficient (Wildman–Crippen LogP) is 2.20. The Kier molecular flexibility index (Phi) is 6.21. The van der Waals surface area contributed by atoms with Crippen LogP contribution in [-0.4, -0.2) is 29.1 Å². The zero-order chi connectivity index (χ0) is 10.4. The molecule has 0 fully saturated rings. The van der Waals surface area contributed by atoms with E-state index in [1.54, 1.807) is 0 Å². The zero-order valence-corrected chi connectivity index (χ0v) is 9.97. The second-order valence-corrected chi connectivity index (χ2v) is 4.16. The van der Waals surface area contributed by atoms with Gasteiger partial charge in [0.1, 0.15) is 0 Å². The molecule has 1 atom stereocenters. The Bertz CT molecular complexity index is 159. The molecular weight excluding hydrogens is 182 g/mol. The van der Waals surface area contributed by atoms with Crippen LogP contribution in [0.2, 0.25) is 0 Å². The number of amides is 1. The molecule has 1 unspecified atom stereocenters. The minimum absolute atomic E-state index is 0.147. The number of carbonyl (C=O) groups is 1. The summed E-state index contributed by atoms with van der Waals surface area (Å²) < 4.78 is 0. The SMILES string of the molecule is CCCN(CC)C(=O)C(S)C(C)C. The van der Waals surface area contributed by atoms with Crippen LogP contribution in [0.25, 0.3) is 0 Å². The number of rotatable bonds is 5. The van der Waals surface area contributed by atoms with E-state index in [0.29, 0.717) is 5.92 Å². The summed E-state index contributed by atoms with van der Waals surface area (Å²) in [4.78, 5) is 13.6. The maximum Gasteiger partial charge on any atom is 0.235 e. The van der Waals surface area contributed by atoms with Gasteiger partial charge in [0.25, 0.3) is 0 Å². The standard InChI is InChI=1S/C10H21NOS/c1-5-7-11(6-2)10(12)9(13)8(3)4/h8-9,13H,5-7H2,1-4H3. The third-order valence-electron chi connectivity index (χ3n) is 2.07. The summed E-state index contributed by atoms with van der Waals surface area (Å²) in [5.74, 6) is 0.476. The van der Waals surface area contributed by atoms with Gasteiger partial charge in [-0.1, -0.05) is 20.8 Å². The van der Waals surface area contributed by atoms with E-state index in [2.05, 4.69) is 19.6 Å². The first-order valence-corrected chi connectivity index (χ1v) is 5.53. The van der Waals surface area contributed by atoms with Crippen LogP contribution in [0.5, 0.6) is 0 Å². The van der Waals surface area contributed by atoms with Gasteiger partial charge in [-0.05, 0) is 19.3 Å². The lowest BCUT2D eigenvalue weighted by Crippen LogP contribution is -2.39. The fraction of sp³-hybridized carbons (Fsp3) is 0.900. The van der Waals surface area contributed by atoms with E-state index in [0.717, 1.165) is 19.5 Å². The molecule has 0 saturated carbocycles. The summed E-state index contributed by atoms with van der Waals surface area (Å²) >= 11 is 4.31. The normalized spacial score (nSPS) is 13.1. The number of hydrogen-bond donors (Lipinski definition) is 1. The molecule has 0 aliphatic heterocycles. The Morgan fingerprint density at radius 3 is 2.23 bits per heavy atom. The third-order valence-corrected chi connectivity index (χ3v) is 2.89. The molecule has 13 heavy (non-hydrogen) atoms. The zero-order valence-electron chi connectivity index (χ0n) is 9.08. The molecule has 0 aliphatic rings. The Labute approximate surface area is 87.1 Å². The van der Waals surface area contributed by atoms with E-state index in [1.165, 1.54) is 0 Å². The molecule has 0 aliphatic carbocycles. The topological polar surface area (TPSA) is 20.3 Å². The molecule has 0 aromatic heterocycles. The Morgan fingerprint density at radius 2 is 1.92 bits per heavy atom. The summed E-state index contributed by atoms with van der Waals surface area (Å²) in [5.41, 5.74) is 0. The van der Waals surface area contributed by atoms with Crippen molar-refractivity contribution in [2.24, 2.45) is 5.92 Å². The fourth-order valence-electron chi connectivity index (χ4n) is 1.17. The Morgan fingerprint density at radius 1 is 1.38 bits per heavy atom. The second kappa shape index (κ2) is 6.30. The van der Waals surface area contributed by atoms with E-state index in [-0.39, 0.29) is 11.2 Å². The van der Waals surface area contributed by atoms with Crippen LogP contribution in [0.15, 0.2) is 0 Å². The minimum Gasteiger partial charge on any atom is -0.342 e. The molecule has 1 amide bonds. The van der Waals surface area contributed by atoms with Crippen molar-refractivity contribution in [1.82, 2.24) is 4.90 Å². The molecule has 0 aromatic carbocycles. The summed E-state index contributed by atoms with van der Waals surface area (Å²) in [6, 6.07) is 0. The van der Waals surface area contributed by atoms with Crippen LogP contribution in [-0.2, 0) is 4.79 Å². The molecular formula is C10H21NOS. The van der Waals surface area contributed by atoms with Crippen LogP contribution in [0.4, 0.5) is 0 Å². The van der Waals surface area contributed by atoms with Crippen LogP contribution < -0.4 is 0 Å². The van der Waals surface area contributed by atoms with Crippen molar-refractivity contribution in [3.63, 3.8) is 0 Å². The van der Waals surface area contributed by atoms with Crippen LogP contribution in [0.3, 0.4) is 0 Å². The molecule has 0 N–H and O–H groups in total. The lowest BCUT2D eigenvalue weighted by molar-refractivity contribution is -0.131. The molecule has 0 radical (unpaired) electrons. The van der Waals surface area contributed by atoms with Gasteiger partial charge >= 0.3 is 0 Å². The lowest BCUT2D eigenvalue weighted by Gasteiger charge is -2.25. The highest BCUT2D eigenvalue weighted by Gasteiger charge is 2.21. The van der Waals surface area contributed by atoms with Gasteiger partial charge in [-0.15, -0.1) is 0 Å². The van der Waals surface area contributed by atoms with Crippen molar-refractivity contribution in [3.05, 3.63) is 0 Å². The summed E-state index contributed by atoms with van der Waals surface area (Å²) in [7, 11) is 0. The van der Waals surface area contributed by atoms with Gasteiger partial charge in [-0.25, -0.2) is 0 Å². The van der Waals surface area contributed by atoms with Gasteiger partial charge < -0.3 is 4.90 Å². The first-order valence-electron chi connectivity index (χ1n) is 5.01. The summed E-state index contributed by atoms with van der Waals surface area (Å²) in [5, 5.41) is -0.147. The van der Waals surface area contributed by atoms with Crippen molar-refractivity contribution in [2.45, 2.75) is 39.4 Å². The highest BCUT2D eigenvalue weighted by Crippen LogP contribution is 2.12. The van der Waals surface area contributed by atoms with Crippen molar-refractivity contribution >= 4 is 18.5 Å². The van der Waals surface area contributed by atoms with Crippen molar-refractivity contribution in [2.75, 3.05) is 13.1 Å². The smallest absolute Gasteiger partial charge is 0.235 e. The van der Waals surface area contributed by atoms with Gasteiger partial charge in [0.2, 0.25) is 5.91 Å². The van der Waals surface area contributed by atoms with Crippen LogP contribution >= 0.6 is 12.6 Å². The molecule has 2 nitrogen and oxygen atoms in total. The maximum absolute atomic E-state index is 11.8. The number of nitrogens with zero attached hydrogens (tertiary/aromatic N) is 1. The molecule has 3 heteroatoms. The van der Waals surface area contributed by atoms with Crippen LogP contribution in [0, 0.1) is 5.92 Å². The molecule has 0 heterocycles. The highest BCUT2D eigenvalue weighted by molar-refractivity contribution is 7.81. The molecule has 0 bridgehead atoms. The van der Waals surface area contributed by atoms with Gasteiger partial charge in [-0.2, -0.15) is 12.6 Å². The molecule has 0 aromatic rings. The average molecular weight is 203 g/mol. The largest absolute Gasteiger partial charge is 0.342 e. The first-order chi connectivity index (χ1) is 6.04. The monoisotopic (exact) mass is 203 g/mol. The molecule has 78 valence electrons. The summed E-state index contributed by atoms with van der Waals surface area (Å²) in [6.07, 6.45) is 1.01. The van der Waals surface area contributed by atoms with Gasteiger partial charge in [0, 0.05) is 13.1 Å². The predicted molar refractivity (Wildman–Crippen MR) is 60.2 cm³/mol. The van der Waals surface area contributed by atoms with E-state index < -0.39 is 0 Å². The quantitative estimate of drug-likeness (QED) is 0.679. The third kappa shape index (κ3) is 4.03.